The van der Waals surface area contributed by atoms with E-state index >= 15 is 4.39 Å². The van der Waals surface area contributed by atoms with Crippen molar-refractivity contribution in [1.82, 2.24) is 15.0 Å². The SMILES string of the molecule is CC1=C2CCc3c(-c4ccccc4F)nc(-c4ccnc5c(F)cccc45)nc3C2(C)C=C(C#N)C1=O. The molecule has 5 nitrogen and oxygen atoms in total. The lowest BCUT2D eigenvalue weighted by Crippen LogP contribution is -2.36. The number of fused-ring (bicyclic) bond motifs is 4. The lowest BCUT2D eigenvalue weighted by Gasteiger charge is -2.39. The molecule has 0 amide bonds. The Morgan fingerprint density at radius 2 is 1.76 bits per heavy atom. The molecule has 37 heavy (non-hydrogen) atoms. The highest BCUT2D eigenvalue weighted by molar-refractivity contribution is 6.12. The fourth-order valence-corrected chi connectivity index (χ4v) is 5.64. The number of halogens is 2. The molecule has 6 rings (SSSR count). The van der Waals surface area contributed by atoms with Crippen molar-refractivity contribution >= 4 is 16.7 Å². The molecule has 0 fully saturated rings. The van der Waals surface area contributed by atoms with Crippen LogP contribution in [0.5, 0.6) is 0 Å². The van der Waals surface area contributed by atoms with Crippen LogP contribution in [0.2, 0.25) is 0 Å². The van der Waals surface area contributed by atoms with Gasteiger partial charge in [0, 0.05) is 28.3 Å². The van der Waals surface area contributed by atoms with E-state index in [1.54, 1.807) is 49.4 Å². The smallest absolute Gasteiger partial charge is 0.198 e. The minimum Gasteiger partial charge on any atom is -0.288 e. The number of hydrogen-bond donors (Lipinski definition) is 0. The van der Waals surface area contributed by atoms with Gasteiger partial charge in [0.25, 0.3) is 0 Å². The Bertz CT molecular complexity index is 1770. The number of nitriles is 1. The molecule has 0 saturated heterocycles. The first kappa shape index (κ1) is 22.9. The molecule has 1 unspecified atom stereocenters. The molecule has 2 aliphatic rings. The molecule has 4 aromatic rings. The summed E-state index contributed by atoms with van der Waals surface area (Å²) in [7, 11) is 0. The Labute approximate surface area is 211 Å². The summed E-state index contributed by atoms with van der Waals surface area (Å²) in [6.07, 6.45) is 4.23. The number of allylic oxidation sites excluding steroid dienone is 4. The van der Waals surface area contributed by atoms with Crippen LogP contribution in [0.4, 0.5) is 8.78 Å². The van der Waals surface area contributed by atoms with Crippen molar-refractivity contribution in [2.75, 3.05) is 0 Å². The van der Waals surface area contributed by atoms with Crippen molar-refractivity contribution in [3.05, 3.63) is 100 Å². The standard InChI is InChI=1S/C30H20F2N4O/c1-16-22-11-10-21-25(20-6-3-4-8-23(20)31)35-29(19-12-13-34-26-18(19)7-5-9-24(26)32)36-28(21)30(22,2)14-17(15-33)27(16)37/h3-9,12-14H,10-11H2,1-2H3. The van der Waals surface area contributed by atoms with Gasteiger partial charge in [-0.25, -0.2) is 18.7 Å². The van der Waals surface area contributed by atoms with Crippen molar-refractivity contribution in [2.24, 2.45) is 0 Å². The van der Waals surface area contributed by atoms with E-state index in [1.165, 1.54) is 18.3 Å². The summed E-state index contributed by atoms with van der Waals surface area (Å²) in [5, 5.41) is 10.2. The third-order valence-electron chi connectivity index (χ3n) is 7.43. The molecular formula is C30H20F2N4O. The highest BCUT2D eigenvalue weighted by Gasteiger charge is 2.43. The van der Waals surface area contributed by atoms with Crippen LogP contribution < -0.4 is 0 Å². The Morgan fingerprint density at radius 3 is 2.54 bits per heavy atom. The summed E-state index contributed by atoms with van der Waals surface area (Å²) in [6.45, 7) is 3.67. The van der Waals surface area contributed by atoms with Gasteiger partial charge in [-0.15, -0.1) is 0 Å². The largest absolute Gasteiger partial charge is 0.288 e. The molecule has 0 aliphatic heterocycles. The van der Waals surface area contributed by atoms with Crippen LogP contribution in [-0.2, 0) is 16.6 Å². The number of benzene rings is 2. The average Bonchev–Trinajstić information content (AvgIpc) is 2.90. The first-order chi connectivity index (χ1) is 17.8. The van der Waals surface area contributed by atoms with Gasteiger partial charge in [0.15, 0.2) is 11.6 Å². The zero-order valence-corrected chi connectivity index (χ0v) is 20.1. The summed E-state index contributed by atoms with van der Waals surface area (Å²) in [4.78, 5) is 26.8. The Kier molecular flexibility index (Phi) is 5.09. The molecule has 0 spiro atoms. The molecule has 0 radical (unpaired) electrons. The van der Waals surface area contributed by atoms with E-state index in [4.69, 9.17) is 9.97 Å². The van der Waals surface area contributed by atoms with Gasteiger partial charge in [-0.3, -0.25) is 9.78 Å². The highest BCUT2D eigenvalue weighted by Crippen LogP contribution is 2.49. The molecule has 2 aromatic carbocycles. The Hall–Kier alpha value is -4.57. The van der Waals surface area contributed by atoms with Crippen LogP contribution in [0.1, 0.15) is 31.5 Å². The lowest BCUT2D eigenvalue weighted by atomic mass is 9.64. The summed E-state index contributed by atoms with van der Waals surface area (Å²) < 4.78 is 29.7. The molecular weight excluding hydrogens is 470 g/mol. The minimum atomic E-state index is -0.859. The van der Waals surface area contributed by atoms with Crippen LogP contribution in [0, 0.1) is 23.0 Å². The lowest BCUT2D eigenvalue weighted by molar-refractivity contribution is -0.112. The van der Waals surface area contributed by atoms with Gasteiger partial charge in [0.2, 0.25) is 0 Å². The third-order valence-corrected chi connectivity index (χ3v) is 7.43. The first-order valence-corrected chi connectivity index (χ1v) is 11.9. The highest BCUT2D eigenvalue weighted by atomic mass is 19.1. The van der Waals surface area contributed by atoms with E-state index in [0.717, 1.165) is 11.1 Å². The van der Waals surface area contributed by atoms with Crippen LogP contribution in [0.3, 0.4) is 0 Å². The summed E-state index contributed by atoms with van der Waals surface area (Å²) >= 11 is 0. The topological polar surface area (TPSA) is 79.5 Å². The fourth-order valence-electron chi connectivity index (χ4n) is 5.64. The van der Waals surface area contributed by atoms with E-state index in [0.29, 0.717) is 52.1 Å². The third kappa shape index (κ3) is 3.33. The molecule has 2 aromatic heterocycles. The van der Waals surface area contributed by atoms with Gasteiger partial charge < -0.3 is 0 Å². The molecule has 2 aliphatic carbocycles. The Balaban J connectivity index is 1.72. The maximum absolute atomic E-state index is 15.1. The number of para-hydroxylation sites is 1. The van der Waals surface area contributed by atoms with Crippen molar-refractivity contribution in [1.29, 1.82) is 5.26 Å². The van der Waals surface area contributed by atoms with Crippen molar-refractivity contribution in [3.63, 3.8) is 0 Å². The monoisotopic (exact) mass is 490 g/mol. The molecule has 1 atom stereocenters. The number of nitrogens with zero attached hydrogens (tertiary/aromatic N) is 4. The Morgan fingerprint density at radius 1 is 0.973 bits per heavy atom. The van der Waals surface area contributed by atoms with E-state index < -0.39 is 17.0 Å². The maximum Gasteiger partial charge on any atom is 0.198 e. The second-order valence-electron chi connectivity index (χ2n) is 9.50. The van der Waals surface area contributed by atoms with E-state index in [9.17, 15) is 14.4 Å². The zero-order chi connectivity index (χ0) is 25.9. The van der Waals surface area contributed by atoms with Gasteiger partial charge in [-0.2, -0.15) is 5.26 Å². The average molecular weight is 491 g/mol. The number of carbonyl (C=O) groups excluding carboxylic acids is 1. The van der Waals surface area contributed by atoms with Crippen LogP contribution in [0.25, 0.3) is 33.5 Å². The predicted octanol–water partition coefficient (Wildman–Crippen LogP) is 6.19. The number of hydrogen-bond acceptors (Lipinski definition) is 5. The van der Waals surface area contributed by atoms with Gasteiger partial charge in [0.1, 0.15) is 23.2 Å². The van der Waals surface area contributed by atoms with Crippen LogP contribution >= 0.6 is 0 Å². The zero-order valence-electron chi connectivity index (χ0n) is 20.1. The molecule has 0 N–H and O–H groups in total. The number of aromatic nitrogens is 3. The van der Waals surface area contributed by atoms with Gasteiger partial charge in [0.05, 0.1) is 22.4 Å². The second kappa shape index (κ2) is 8.24. The van der Waals surface area contributed by atoms with Crippen molar-refractivity contribution in [3.8, 4) is 28.7 Å². The summed E-state index contributed by atoms with van der Waals surface area (Å²) in [6, 6.07) is 14.8. The molecule has 180 valence electrons. The maximum atomic E-state index is 15.1. The van der Waals surface area contributed by atoms with Gasteiger partial charge in [-0.1, -0.05) is 24.3 Å². The second-order valence-corrected chi connectivity index (χ2v) is 9.50. The number of pyridine rings is 1. The van der Waals surface area contributed by atoms with Crippen molar-refractivity contribution in [2.45, 2.75) is 32.1 Å². The summed E-state index contributed by atoms with van der Waals surface area (Å²) in [5.41, 5.74) is 3.51. The normalized spacial score (nSPS) is 18.8. The number of carbonyl (C=O) groups is 1. The quantitative estimate of drug-likeness (QED) is 0.335. The van der Waals surface area contributed by atoms with Crippen LogP contribution in [-0.4, -0.2) is 20.7 Å². The molecule has 7 heteroatoms. The van der Waals surface area contributed by atoms with Gasteiger partial charge in [-0.05, 0) is 68.2 Å². The number of rotatable bonds is 2. The minimum absolute atomic E-state index is 0.0561. The molecule has 2 heterocycles. The number of Topliss-reactive ketones (excluding diaryl/α,β-unsaturated/α-hetero) is 1. The van der Waals surface area contributed by atoms with E-state index in [-0.39, 0.29) is 16.9 Å². The van der Waals surface area contributed by atoms with Crippen LogP contribution in [0.15, 0.2) is 77.5 Å². The van der Waals surface area contributed by atoms with Gasteiger partial charge >= 0.3 is 0 Å². The first-order valence-electron chi connectivity index (χ1n) is 11.9. The predicted molar refractivity (Wildman–Crippen MR) is 135 cm³/mol. The molecule has 0 bridgehead atoms. The fraction of sp³-hybridized carbons (Fsp3) is 0.167. The molecule has 0 saturated carbocycles. The summed E-state index contributed by atoms with van der Waals surface area (Å²) in [5.74, 6) is -0.877. The van der Waals surface area contributed by atoms with Crippen molar-refractivity contribution < 1.29 is 13.6 Å². The van der Waals surface area contributed by atoms with E-state index in [1.807, 2.05) is 13.0 Å². The number of ketones is 1. The van der Waals surface area contributed by atoms with E-state index in [2.05, 4.69) is 4.98 Å².